The van der Waals surface area contributed by atoms with Crippen molar-refractivity contribution in [1.29, 1.82) is 0 Å². The van der Waals surface area contributed by atoms with Crippen molar-refractivity contribution in [2.75, 3.05) is 38.1 Å². The molecule has 0 bridgehead atoms. The van der Waals surface area contributed by atoms with Gasteiger partial charge in [0.1, 0.15) is 0 Å². The summed E-state index contributed by atoms with van der Waals surface area (Å²) in [5.41, 5.74) is 9.75. The Morgan fingerprint density at radius 1 is 1.32 bits per heavy atom. The minimum absolute atomic E-state index is 0.678. The predicted molar refractivity (Wildman–Crippen MR) is 82.9 cm³/mol. The average molecular weight is 261 g/mol. The highest BCUT2D eigenvalue weighted by Crippen LogP contribution is 2.24. The van der Waals surface area contributed by atoms with E-state index >= 15 is 0 Å². The molecule has 106 valence electrons. The zero-order chi connectivity index (χ0) is 13.8. The lowest BCUT2D eigenvalue weighted by molar-refractivity contribution is 0.213. The van der Waals surface area contributed by atoms with Crippen LogP contribution in [-0.4, -0.2) is 44.2 Å². The Kier molecular flexibility index (Phi) is 4.83. The fourth-order valence-electron chi connectivity index (χ4n) is 3.00. The van der Waals surface area contributed by atoms with Crippen LogP contribution in [0.3, 0.4) is 0 Å². The number of hydrogen-bond acceptors (Lipinski definition) is 3. The van der Waals surface area contributed by atoms with Gasteiger partial charge in [0, 0.05) is 31.4 Å². The normalized spacial score (nSPS) is 20.8. The van der Waals surface area contributed by atoms with E-state index in [9.17, 15) is 0 Å². The number of benzene rings is 1. The summed E-state index contributed by atoms with van der Waals surface area (Å²) < 4.78 is 0. The topological polar surface area (TPSA) is 32.5 Å². The van der Waals surface area contributed by atoms with Gasteiger partial charge in [-0.25, -0.2) is 0 Å². The molecule has 0 amide bonds. The van der Waals surface area contributed by atoms with Crippen LogP contribution in [0.25, 0.3) is 0 Å². The summed E-state index contributed by atoms with van der Waals surface area (Å²) in [6, 6.07) is 7.48. The predicted octanol–water partition coefficient (Wildman–Crippen LogP) is 2.03. The highest BCUT2D eigenvalue weighted by molar-refractivity contribution is 5.55. The third-order valence-corrected chi connectivity index (χ3v) is 4.28. The third-order valence-electron chi connectivity index (χ3n) is 4.28. The summed E-state index contributed by atoms with van der Waals surface area (Å²) in [5, 5.41) is 0. The minimum Gasteiger partial charge on any atom is -0.368 e. The van der Waals surface area contributed by atoms with Crippen molar-refractivity contribution in [3.8, 4) is 0 Å². The van der Waals surface area contributed by atoms with Gasteiger partial charge < -0.3 is 10.6 Å². The van der Waals surface area contributed by atoms with E-state index in [2.05, 4.69) is 48.9 Å². The van der Waals surface area contributed by atoms with E-state index in [0.29, 0.717) is 6.04 Å². The largest absolute Gasteiger partial charge is 0.368 e. The minimum atomic E-state index is 0.678. The molecule has 0 spiro atoms. The molecular weight excluding hydrogens is 234 g/mol. The number of aryl methyl sites for hydroxylation is 1. The number of likely N-dealkylation sites (N-methyl/N-ethyl adjacent to an activating group) is 1. The van der Waals surface area contributed by atoms with Gasteiger partial charge in [0.15, 0.2) is 0 Å². The van der Waals surface area contributed by atoms with E-state index in [4.69, 9.17) is 5.73 Å². The van der Waals surface area contributed by atoms with Gasteiger partial charge >= 0.3 is 0 Å². The maximum atomic E-state index is 5.63. The molecule has 1 unspecified atom stereocenters. The molecule has 0 aromatic heterocycles. The van der Waals surface area contributed by atoms with E-state index in [1.807, 2.05) is 0 Å². The second-order valence-corrected chi connectivity index (χ2v) is 5.65. The fraction of sp³-hybridized carbons (Fsp3) is 0.625. The summed E-state index contributed by atoms with van der Waals surface area (Å²) in [6.07, 6.45) is 2.19. The van der Waals surface area contributed by atoms with E-state index in [1.54, 1.807) is 0 Å². The van der Waals surface area contributed by atoms with Crippen LogP contribution in [0.2, 0.25) is 0 Å². The van der Waals surface area contributed by atoms with Crippen LogP contribution in [0.1, 0.15) is 24.5 Å². The molecule has 3 nitrogen and oxygen atoms in total. The summed E-state index contributed by atoms with van der Waals surface area (Å²) in [6.45, 7) is 8.65. The smallest absolute Gasteiger partial charge is 0.0397 e. The SMILES string of the molecule is CCC1CN(c2ccc(CCN)cc2C)CCN1C. The first-order chi connectivity index (χ1) is 9.15. The molecule has 1 aliphatic rings. The molecular formula is C16H27N3. The standard InChI is InChI=1S/C16H27N3/c1-4-15-12-19(10-9-18(15)3)16-6-5-14(7-8-17)11-13(16)2/h5-6,11,15H,4,7-10,12,17H2,1-3H3. The highest BCUT2D eigenvalue weighted by atomic mass is 15.3. The molecule has 2 rings (SSSR count). The van der Waals surface area contributed by atoms with E-state index < -0.39 is 0 Å². The summed E-state index contributed by atoms with van der Waals surface area (Å²) in [4.78, 5) is 5.02. The van der Waals surface area contributed by atoms with Crippen molar-refractivity contribution in [3.63, 3.8) is 0 Å². The summed E-state index contributed by atoms with van der Waals surface area (Å²) >= 11 is 0. The molecule has 1 fully saturated rings. The van der Waals surface area contributed by atoms with Crippen molar-refractivity contribution >= 4 is 5.69 Å². The quantitative estimate of drug-likeness (QED) is 0.900. The van der Waals surface area contributed by atoms with Crippen molar-refractivity contribution in [3.05, 3.63) is 29.3 Å². The van der Waals surface area contributed by atoms with Crippen LogP contribution in [0.15, 0.2) is 18.2 Å². The maximum Gasteiger partial charge on any atom is 0.0397 e. The molecule has 0 saturated carbocycles. The Hall–Kier alpha value is -1.06. The molecule has 2 N–H and O–H groups in total. The molecule has 1 aromatic rings. The maximum absolute atomic E-state index is 5.63. The number of hydrogen-bond donors (Lipinski definition) is 1. The summed E-state index contributed by atoms with van der Waals surface area (Å²) in [5.74, 6) is 0. The van der Waals surface area contributed by atoms with Crippen molar-refractivity contribution in [1.82, 2.24) is 4.90 Å². The number of piperazine rings is 1. The zero-order valence-corrected chi connectivity index (χ0v) is 12.5. The van der Waals surface area contributed by atoms with Crippen molar-refractivity contribution in [2.45, 2.75) is 32.7 Å². The van der Waals surface area contributed by atoms with Crippen LogP contribution in [-0.2, 0) is 6.42 Å². The van der Waals surface area contributed by atoms with Crippen LogP contribution < -0.4 is 10.6 Å². The van der Waals surface area contributed by atoms with Crippen molar-refractivity contribution < 1.29 is 0 Å². The van der Waals surface area contributed by atoms with Gasteiger partial charge in [-0.1, -0.05) is 19.1 Å². The van der Waals surface area contributed by atoms with Gasteiger partial charge in [-0.3, -0.25) is 4.90 Å². The zero-order valence-electron chi connectivity index (χ0n) is 12.5. The molecule has 3 heteroatoms. The molecule has 0 radical (unpaired) electrons. The van der Waals surface area contributed by atoms with Crippen LogP contribution >= 0.6 is 0 Å². The van der Waals surface area contributed by atoms with Crippen LogP contribution in [0.5, 0.6) is 0 Å². The molecule has 19 heavy (non-hydrogen) atoms. The lowest BCUT2D eigenvalue weighted by atomic mass is 10.0. The number of rotatable bonds is 4. The third kappa shape index (κ3) is 3.28. The van der Waals surface area contributed by atoms with Gasteiger partial charge in [0.25, 0.3) is 0 Å². The van der Waals surface area contributed by atoms with Gasteiger partial charge in [-0.15, -0.1) is 0 Å². The molecule has 1 heterocycles. The van der Waals surface area contributed by atoms with Gasteiger partial charge in [0.05, 0.1) is 0 Å². The van der Waals surface area contributed by atoms with Crippen LogP contribution in [0, 0.1) is 6.92 Å². The summed E-state index contributed by atoms with van der Waals surface area (Å²) in [7, 11) is 2.24. The highest BCUT2D eigenvalue weighted by Gasteiger charge is 2.23. The Morgan fingerprint density at radius 2 is 2.11 bits per heavy atom. The van der Waals surface area contributed by atoms with E-state index in [1.165, 1.54) is 23.2 Å². The van der Waals surface area contributed by atoms with Gasteiger partial charge in [-0.2, -0.15) is 0 Å². The fourth-order valence-corrected chi connectivity index (χ4v) is 3.00. The monoisotopic (exact) mass is 261 g/mol. The van der Waals surface area contributed by atoms with Crippen LogP contribution in [0.4, 0.5) is 5.69 Å². The number of nitrogens with zero attached hydrogens (tertiary/aromatic N) is 2. The molecule has 1 atom stereocenters. The first-order valence-corrected chi connectivity index (χ1v) is 7.40. The lowest BCUT2D eigenvalue weighted by Crippen LogP contribution is -2.51. The van der Waals surface area contributed by atoms with Gasteiger partial charge in [0.2, 0.25) is 0 Å². The van der Waals surface area contributed by atoms with Gasteiger partial charge in [-0.05, 0) is 50.6 Å². The van der Waals surface area contributed by atoms with E-state index in [-0.39, 0.29) is 0 Å². The average Bonchev–Trinajstić information content (AvgIpc) is 2.40. The molecule has 0 aliphatic carbocycles. The van der Waals surface area contributed by atoms with E-state index in [0.717, 1.165) is 32.6 Å². The Labute approximate surface area is 117 Å². The number of nitrogens with two attached hydrogens (primary N) is 1. The Morgan fingerprint density at radius 3 is 2.74 bits per heavy atom. The van der Waals surface area contributed by atoms with Crippen molar-refractivity contribution in [2.24, 2.45) is 5.73 Å². The molecule has 1 aromatic carbocycles. The Balaban J connectivity index is 2.13. The molecule has 1 saturated heterocycles. The Bertz CT molecular complexity index is 416. The second-order valence-electron chi connectivity index (χ2n) is 5.65. The number of anilines is 1. The second kappa shape index (κ2) is 6.40. The first kappa shape index (κ1) is 14.4. The molecule has 1 aliphatic heterocycles. The lowest BCUT2D eigenvalue weighted by Gasteiger charge is -2.41. The first-order valence-electron chi connectivity index (χ1n) is 7.40.